The smallest absolute Gasteiger partial charge is 0.252 e. The van der Waals surface area contributed by atoms with Gasteiger partial charge in [0, 0.05) is 48.0 Å². The Kier molecular flexibility index (Phi) is 4.12. The predicted octanol–water partition coefficient (Wildman–Crippen LogP) is 3.86. The van der Waals surface area contributed by atoms with Gasteiger partial charge in [-0.2, -0.15) is 0 Å². The molecule has 1 N–H and O–H groups in total. The van der Waals surface area contributed by atoms with Crippen LogP contribution >= 0.6 is 0 Å². The molecule has 0 radical (unpaired) electrons. The number of carbonyl (C=O) groups is 1. The Morgan fingerprint density at radius 2 is 1.94 bits per heavy atom. The number of hydrogen-bond donors (Lipinski definition) is 1. The van der Waals surface area contributed by atoms with Gasteiger partial charge in [0.25, 0.3) is 5.91 Å². The molecule has 2 saturated heterocycles. The number of nitrogens with zero attached hydrogens (tertiary/aromatic N) is 3. The van der Waals surface area contributed by atoms with Gasteiger partial charge >= 0.3 is 0 Å². The molecule has 2 aliphatic heterocycles. The van der Waals surface area contributed by atoms with E-state index >= 15 is 0 Å². The maximum absolute atomic E-state index is 13.5. The normalized spacial score (nSPS) is 24.0. The van der Waals surface area contributed by atoms with Crippen molar-refractivity contribution in [1.82, 2.24) is 15.2 Å². The first-order valence-electron chi connectivity index (χ1n) is 11.3. The number of hydrogen-bond acceptors (Lipinski definition) is 4. The van der Waals surface area contributed by atoms with E-state index in [1.165, 1.54) is 17.7 Å². The number of benzene rings is 2. The van der Waals surface area contributed by atoms with E-state index in [2.05, 4.69) is 57.5 Å². The van der Waals surface area contributed by atoms with Crippen molar-refractivity contribution in [2.45, 2.75) is 43.8 Å². The van der Waals surface area contributed by atoms with Crippen LogP contribution in [0.25, 0.3) is 10.9 Å². The zero-order chi connectivity index (χ0) is 21.2. The van der Waals surface area contributed by atoms with Crippen LogP contribution in [0.2, 0.25) is 0 Å². The van der Waals surface area contributed by atoms with Crippen LogP contribution in [0.5, 0.6) is 0 Å². The Morgan fingerprint density at radius 1 is 1.10 bits per heavy atom. The summed E-state index contributed by atoms with van der Waals surface area (Å²) in [6.07, 6.45) is 5.01. The lowest BCUT2D eigenvalue weighted by atomic mass is 9.99. The van der Waals surface area contributed by atoms with Gasteiger partial charge in [-0.25, -0.2) is 0 Å². The molecule has 5 heteroatoms. The van der Waals surface area contributed by atoms with Gasteiger partial charge in [-0.15, -0.1) is 0 Å². The van der Waals surface area contributed by atoms with E-state index in [1.807, 2.05) is 31.3 Å². The van der Waals surface area contributed by atoms with E-state index in [0.717, 1.165) is 48.0 Å². The van der Waals surface area contributed by atoms with Crippen LogP contribution in [0.3, 0.4) is 0 Å². The molecule has 2 unspecified atom stereocenters. The Hall–Kier alpha value is -2.92. The third-order valence-electron chi connectivity index (χ3n) is 7.58. The molecule has 158 valence electrons. The number of aryl methyl sites for hydroxylation is 1. The van der Waals surface area contributed by atoms with Crippen LogP contribution in [0.15, 0.2) is 54.7 Å². The maximum atomic E-state index is 13.5. The molecule has 3 heterocycles. The van der Waals surface area contributed by atoms with Crippen LogP contribution in [0.4, 0.5) is 5.69 Å². The first kappa shape index (κ1) is 18.8. The number of rotatable bonds is 4. The van der Waals surface area contributed by atoms with Crippen molar-refractivity contribution in [2.24, 2.45) is 0 Å². The fraction of sp³-hybridized carbons (Fsp3) is 0.385. The van der Waals surface area contributed by atoms with E-state index in [0.29, 0.717) is 12.1 Å². The summed E-state index contributed by atoms with van der Waals surface area (Å²) in [5.74, 6) is 0.0271. The molecule has 1 amide bonds. The molecule has 2 atom stereocenters. The zero-order valence-corrected chi connectivity index (χ0v) is 18.1. The van der Waals surface area contributed by atoms with Gasteiger partial charge in [0.2, 0.25) is 0 Å². The predicted molar refractivity (Wildman–Crippen MR) is 123 cm³/mol. The fourth-order valence-corrected chi connectivity index (χ4v) is 5.60. The van der Waals surface area contributed by atoms with Crippen molar-refractivity contribution in [1.29, 1.82) is 0 Å². The first-order chi connectivity index (χ1) is 15.0. The van der Waals surface area contributed by atoms with Crippen molar-refractivity contribution in [3.8, 4) is 0 Å². The summed E-state index contributed by atoms with van der Waals surface area (Å²) in [5, 5.41) is 4.53. The minimum Gasteiger partial charge on any atom is -0.366 e. The van der Waals surface area contributed by atoms with E-state index in [9.17, 15) is 4.79 Å². The molecular formula is C26H28N4O. The van der Waals surface area contributed by atoms with Crippen molar-refractivity contribution in [3.05, 3.63) is 71.4 Å². The molecule has 1 aliphatic carbocycles. The third kappa shape index (κ3) is 3.02. The SMILES string of the molecule is Cc1ccc(N2CC3CC2CN3C)cc1C(=O)NC1(c2ccnc3ccccc23)CC1. The van der Waals surface area contributed by atoms with Crippen molar-refractivity contribution >= 4 is 22.5 Å². The van der Waals surface area contributed by atoms with Gasteiger partial charge in [0.15, 0.2) is 0 Å². The first-order valence-corrected chi connectivity index (χ1v) is 11.3. The van der Waals surface area contributed by atoms with Crippen LogP contribution in [0.1, 0.15) is 40.7 Å². The number of aromatic nitrogens is 1. The molecule has 31 heavy (non-hydrogen) atoms. The van der Waals surface area contributed by atoms with Gasteiger partial charge in [0.1, 0.15) is 0 Å². The standard InChI is InChI=1S/C26H28N4O/c1-17-7-8-18(30-16-19-13-20(30)15-29(19)2)14-22(17)25(31)28-26(10-11-26)23-9-12-27-24-6-4-3-5-21(23)24/h3-9,12,14,19-20H,10-11,13,15-16H2,1-2H3,(H,28,31). The lowest BCUT2D eigenvalue weighted by molar-refractivity contribution is 0.0930. The fourth-order valence-electron chi connectivity index (χ4n) is 5.60. The minimum atomic E-state index is -0.280. The number of likely N-dealkylation sites (tertiary alicyclic amines) is 1. The molecule has 3 aliphatic rings. The summed E-state index contributed by atoms with van der Waals surface area (Å²) in [6.45, 7) is 4.19. The number of para-hydroxylation sites is 1. The number of pyridine rings is 1. The summed E-state index contributed by atoms with van der Waals surface area (Å²) in [5.41, 5.74) is 4.87. The van der Waals surface area contributed by atoms with E-state index in [1.54, 1.807) is 0 Å². The van der Waals surface area contributed by atoms with Crippen LogP contribution < -0.4 is 10.2 Å². The quantitative estimate of drug-likeness (QED) is 0.707. The number of piperazine rings is 1. The van der Waals surface area contributed by atoms with Crippen LogP contribution in [-0.4, -0.2) is 48.0 Å². The molecule has 1 saturated carbocycles. The minimum absolute atomic E-state index is 0.0271. The summed E-state index contributed by atoms with van der Waals surface area (Å²) >= 11 is 0. The number of carbonyl (C=O) groups excluding carboxylic acids is 1. The molecule has 3 fully saturated rings. The van der Waals surface area contributed by atoms with E-state index in [-0.39, 0.29) is 11.4 Å². The third-order valence-corrected chi connectivity index (χ3v) is 7.58. The molecule has 1 aromatic heterocycles. The van der Waals surface area contributed by atoms with E-state index in [4.69, 9.17) is 0 Å². The van der Waals surface area contributed by atoms with E-state index < -0.39 is 0 Å². The van der Waals surface area contributed by atoms with Crippen molar-refractivity contribution in [3.63, 3.8) is 0 Å². The molecule has 2 aromatic carbocycles. The lowest BCUT2D eigenvalue weighted by Gasteiger charge is -2.34. The van der Waals surface area contributed by atoms with Gasteiger partial charge in [-0.05, 0) is 68.6 Å². The maximum Gasteiger partial charge on any atom is 0.252 e. The molecular weight excluding hydrogens is 384 g/mol. The van der Waals surface area contributed by atoms with Crippen LogP contribution in [0, 0.1) is 6.92 Å². The highest BCUT2D eigenvalue weighted by atomic mass is 16.1. The van der Waals surface area contributed by atoms with Crippen LogP contribution in [-0.2, 0) is 5.54 Å². The highest BCUT2D eigenvalue weighted by molar-refractivity contribution is 5.98. The highest BCUT2D eigenvalue weighted by Gasteiger charge is 2.47. The van der Waals surface area contributed by atoms with Gasteiger partial charge in [0.05, 0.1) is 11.1 Å². The molecule has 6 rings (SSSR count). The van der Waals surface area contributed by atoms with Gasteiger partial charge in [-0.1, -0.05) is 24.3 Å². The Balaban J connectivity index is 1.29. The number of likely N-dealkylation sites (N-methyl/N-ethyl adjacent to an activating group) is 1. The second kappa shape index (κ2) is 6.79. The van der Waals surface area contributed by atoms with Gasteiger partial charge in [-0.3, -0.25) is 14.7 Å². The largest absolute Gasteiger partial charge is 0.366 e. The second-order valence-electron chi connectivity index (χ2n) is 9.55. The molecule has 2 bridgehead atoms. The number of fused-ring (bicyclic) bond motifs is 3. The average Bonchev–Trinajstić information content (AvgIpc) is 3.30. The molecule has 0 spiro atoms. The topological polar surface area (TPSA) is 48.5 Å². The number of nitrogens with one attached hydrogen (secondary N) is 1. The summed E-state index contributed by atoms with van der Waals surface area (Å²) < 4.78 is 0. The second-order valence-corrected chi connectivity index (χ2v) is 9.55. The summed E-state index contributed by atoms with van der Waals surface area (Å²) in [7, 11) is 2.22. The Labute approximate surface area is 183 Å². The number of amides is 1. The van der Waals surface area contributed by atoms with Crippen molar-refractivity contribution in [2.75, 3.05) is 25.0 Å². The average molecular weight is 413 g/mol. The van der Waals surface area contributed by atoms with Crippen molar-refractivity contribution < 1.29 is 4.79 Å². The Bertz CT molecular complexity index is 1180. The monoisotopic (exact) mass is 412 g/mol. The molecule has 5 nitrogen and oxygen atoms in total. The lowest BCUT2D eigenvalue weighted by Crippen LogP contribution is -2.44. The summed E-state index contributed by atoms with van der Waals surface area (Å²) in [4.78, 5) is 22.9. The Morgan fingerprint density at radius 3 is 2.68 bits per heavy atom. The summed E-state index contributed by atoms with van der Waals surface area (Å²) in [6, 6.07) is 17.8. The highest BCUT2D eigenvalue weighted by Crippen LogP contribution is 2.48. The molecule has 3 aromatic rings. The zero-order valence-electron chi connectivity index (χ0n) is 18.1. The van der Waals surface area contributed by atoms with Gasteiger partial charge < -0.3 is 10.2 Å². The number of anilines is 1.